The van der Waals surface area contributed by atoms with Crippen molar-refractivity contribution in [1.29, 1.82) is 0 Å². The molecule has 16 heavy (non-hydrogen) atoms. The summed E-state index contributed by atoms with van der Waals surface area (Å²) in [5, 5.41) is 3.35. The Hall–Kier alpha value is -0.960. The van der Waals surface area contributed by atoms with E-state index in [9.17, 15) is 4.79 Å². The van der Waals surface area contributed by atoms with Gasteiger partial charge in [0.05, 0.1) is 5.69 Å². The summed E-state index contributed by atoms with van der Waals surface area (Å²) < 4.78 is 0. The molecular weight excluding hydrogens is 218 g/mol. The van der Waals surface area contributed by atoms with E-state index in [1.165, 1.54) is 16.0 Å². The Morgan fingerprint density at radius 2 is 1.94 bits per heavy atom. The molecular formula is C13H17NOS. The molecule has 1 aromatic rings. The largest absolute Gasteiger partial charge is 0.325 e. The van der Waals surface area contributed by atoms with Gasteiger partial charge in [0.2, 0.25) is 5.91 Å². The van der Waals surface area contributed by atoms with Gasteiger partial charge in [-0.2, -0.15) is 0 Å². The maximum Gasteiger partial charge on any atom is 0.228 e. The van der Waals surface area contributed by atoms with Crippen LogP contribution in [0.3, 0.4) is 0 Å². The van der Waals surface area contributed by atoms with Crippen LogP contribution < -0.4 is 5.32 Å². The highest BCUT2D eigenvalue weighted by Gasteiger charge is 2.27. The lowest BCUT2D eigenvalue weighted by atomic mass is 10.1. The minimum atomic E-state index is 0.0529. The first kappa shape index (κ1) is 11.5. The predicted molar refractivity (Wildman–Crippen MR) is 69.0 cm³/mol. The Morgan fingerprint density at radius 1 is 1.25 bits per heavy atom. The number of benzene rings is 1. The van der Waals surface area contributed by atoms with Crippen LogP contribution in [-0.2, 0) is 4.79 Å². The maximum atomic E-state index is 11.9. The molecule has 0 saturated heterocycles. The molecule has 0 radical (unpaired) electrons. The van der Waals surface area contributed by atoms with Crippen LogP contribution in [0, 0.1) is 19.8 Å². The van der Waals surface area contributed by atoms with E-state index in [4.69, 9.17) is 0 Å². The quantitative estimate of drug-likeness (QED) is 0.747. The van der Waals surface area contributed by atoms with Gasteiger partial charge in [-0.1, -0.05) is 19.9 Å². The number of carbonyl (C=O) groups excluding carboxylic acids is 1. The fraction of sp³-hybridized carbons (Fsp3) is 0.462. The van der Waals surface area contributed by atoms with Crippen molar-refractivity contribution in [3.8, 4) is 0 Å². The van der Waals surface area contributed by atoms with Crippen molar-refractivity contribution in [2.45, 2.75) is 37.8 Å². The number of nitrogens with one attached hydrogen (secondary N) is 1. The first-order valence-corrected chi connectivity index (χ1v) is 6.46. The zero-order valence-corrected chi connectivity index (χ0v) is 10.9. The highest BCUT2D eigenvalue weighted by Crippen LogP contribution is 2.39. The Labute approximate surface area is 101 Å². The normalized spacial score (nSPS) is 24.6. The molecule has 0 bridgehead atoms. The lowest BCUT2D eigenvalue weighted by Crippen LogP contribution is -2.24. The molecule has 1 heterocycles. The average Bonchev–Trinajstić information content (AvgIpc) is 2.29. The number of carbonyl (C=O) groups is 1. The number of aryl methyl sites for hydroxylation is 2. The molecule has 2 nitrogen and oxygen atoms in total. The summed E-state index contributed by atoms with van der Waals surface area (Å²) in [7, 11) is 0. The molecule has 1 aliphatic rings. The molecule has 1 aliphatic heterocycles. The van der Waals surface area contributed by atoms with Crippen molar-refractivity contribution in [3.05, 3.63) is 23.3 Å². The number of anilines is 1. The van der Waals surface area contributed by atoms with Gasteiger partial charge in [-0.25, -0.2) is 0 Å². The van der Waals surface area contributed by atoms with E-state index in [1.54, 1.807) is 11.8 Å². The van der Waals surface area contributed by atoms with Crippen LogP contribution in [-0.4, -0.2) is 11.2 Å². The molecule has 3 heteroatoms. The lowest BCUT2D eigenvalue weighted by molar-refractivity contribution is -0.119. The molecule has 1 aromatic carbocycles. The topological polar surface area (TPSA) is 29.1 Å². The maximum absolute atomic E-state index is 11.9. The van der Waals surface area contributed by atoms with Crippen LogP contribution in [0.15, 0.2) is 17.0 Å². The number of hydrogen-bond donors (Lipinski definition) is 1. The summed E-state index contributed by atoms with van der Waals surface area (Å²) in [5.41, 5.74) is 3.42. The molecule has 1 N–H and O–H groups in total. The van der Waals surface area contributed by atoms with Gasteiger partial charge in [0.15, 0.2) is 0 Å². The van der Waals surface area contributed by atoms with Crippen LogP contribution in [0.1, 0.15) is 25.0 Å². The second kappa shape index (κ2) is 4.13. The minimum Gasteiger partial charge on any atom is -0.325 e. The van der Waals surface area contributed by atoms with Crippen molar-refractivity contribution in [1.82, 2.24) is 0 Å². The zero-order chi connectivity index (χ0) is 11.9. The van der Waals surface area contributed by atoms with Crippen molar-refractivity contribution in [2.24, 2.45) is 5.92 Å². The molecule has 0 saturated carbocycles. The van der Waals surface area contributed by atoms with Gasteiger partial charge in [0.25, 0.3) is 0 Å². The molecule has 0 spiro atoms. The van der Waals surface area contributed by atoms with E-state index in [0.29, 0.717) is 5.25 Å². The van der Waals surface area contributed by atoms with Gasteiger partial charge in [0.1, 0.15) is 0 Å². The standard InChI is InChI=1S/C13H17NOS/c1-7-5-8(2)12-11(6-7)14-13(15)9(3)10(4)16-12/h5-6,9-10H,1-4H3,(H,14,15). The van der Waals surface area contributed by atoms with Gasteiger partial charge in [-0.3, -0.25) is 4.79 Å². The SMILES string of the molecule is Cc1cc(C)c2c(c1)NC(=O)C(C)C(C)S2. The lowest BCUT2D eigenvalue weighted by Gasteiger charge is -2.14. The summed E-state index contributed by atoms with van der Waals surface area (Å²) >= 11 is 1.80. The number of amides is 1. The fourth-order valence-corrected chi connectivity index (χ4v) is 3.13. The summed E-state index contributed by atoms with van der Waals surface area (Å²) in [6.45, 7) is 8.26. The number of hydrogen-bond acceptors (Lipinski definition) is 2. The van der Waals surface area contributed by atoms with Gasteiger partial charge in [-0.05, 0) is 31.0 Å². The van der Waals surface area contributed by atoms with Crippen LogP contribution in [0.4, 0.5) is 5.69 Å². The Morgan fingerprint density at radius 3 is 2.62 bits per heavy atom. The van der Waals surface area contributed by atoms with Crippen molar-refractivity contribution in [2.75, 3.05) is 5.32 Å². The van der Waals surface area contributed by atoms with Gasteiger partial charge >= 0.3 is 0 Å². The van der Waals surface area contributed by atoms with Crippen LogP contribution >= 0.6 is 11.8 Å². The Bertz CT molecular complexity index is 442. The third-order valence-corrected chi connectivity index (χ3v) is 4.66. The smallest absolute Gasteiger partial charge is 0.228 e. The first-order chi connectivity index (χ1) is 7.49. The van der Waals surface area contributed by atoms with E-state index in [0.717, 1.165) is 5.69 Å². The summed E-state index contributed by atoms with van der Waals surface area (Å²) in [6.07, 6.45) is 0. The molecule has 86 valence electrons. The minimum absolute atomic E-state index is 0.0529. The average molecular weight is 235 g/mol. The van der Waals surface area contributed by atoms with Crippen LogP contribution in [0.2, 0.25) is 0 Å². The third-order valence-electron chi connectivity index (χ3n) is 3.10. The highest BCUT2D eigenvalue weighted by atomic mass is 32.2. The van der Waals surface area contributed by atoms with Gasteiger partial charge < -0.3 is 5.32 Å². The zero-order valence-electron chi connectivity index (χ0n) is 10.1. The predicted octanol–water partition coefficient (Wildman–Crippen LogP) is 3.37. The molecule has 2 rings (SSSR count). The monoisotopic (exact) mass is 235 g/mol. The highest BCUT2D eigenvalue weighted by molar-refractivity contribution is 8.00. The van der Waals surface area contributed by atoms with Crippen molar-refractivity contribution in [3.63, 3.8) is 0 Å². The van der Waals surface area contributed by atoms with Gasteiger partial charge in [0, 0.05) is 16.1 Å². The van der Waals surface area contributed by atoms with E-state index in [1.807, 2.05) is 6.92 Å². The first-order valence-electron chi connectivity index (χ1n) is 5.58. The summed E-state index contributed by atoms with van der Waals surface area (Å²) in [4.78, 5) is 13.1. The van der Waals surface area contributed by atoms with E-state index < -0.39 is 0 Å². The number of thioether (sulfide) groups is 1. The van der Waals surface area contributed by atoms with E-state index in [-0.39, 0.29) is 11.8 Å². The second-order valence-electron chi connectivity index (χ2n) is 4.56. The van der Waals surface area contributed by atoms with Crippen LogP contribution in [0.25, 0.3) is 0 Å². The molecule has 0 aliphatic carbocycles. The number of rotatable bonds is 0. The van der Waals surface area contributed by atoms with Crippen LogP contribution in [0.5, 0.6) is 0 Å². The molecule has 0 fully saturated rings. The number of fused-ring (bicyclic) bond motifs is 1. The molecule has 2 unspecified atom stereocenters. The van der Waals surface area contributed by atoms with Crippen molar-refractivity contribution >= 4 is 23.4 Å². The Kier molecular flexibility index (Phi) is 2.98. The van der Waals surface area contributed by atoms with E-state index in [2.05, 4.69) is 38.2 Å². The molecule has 2 atom stereocenters. The molecule has 1 amide bonds. The van der Waals surface area contributed by atoms with Gasteiger partial charge in [-0.15, -0.1) is 11.8 Å². The summed E-state index contributed by atoms with van der Waals surface area (Å²) in [5.74, 6) is 0.181. The Balaban J connectivity index is 2.51. The third kappa shape index (κ3) is 1.96. The second-order valence-corrected chi connectivity index (χ2v) is 5.95. The summed E-state index contributed by atoms with van der Waals surface area (Å²) in [6, 6.07) is 4.22. The molecule has 0 aromatic heterocycles. The van der Waals surface area contributed by atoms with Crippen molar-refractivity contribution < 1.29 is 4.79 Å². The fourth-order valence-electron chi connectivity index (χ4n) is 1.95. The van der Waals surface area contributed by atoms with E-state index >= 15 is 0 Å².